The first-order valence-electron chi connectivity index (χ1n) is 10.3. The van der Waals surface area contributed by atoms with E-state index in [9.17, 15) is 9.59 Å². The molecule has 0 radical (unpaired) electrons. The van der Waals surface area contributed by atoms with Crippen molar-refractivity contribution in [1.82, 2.24) is 24.9 Å². The van der Waals surface area contributed by atoms with Crippen LogP contribution in [0.25, 0.3) is 0 Å². The van der Waals surface area contributed by atoms with Gasteiger partial charge in [0.15, 0.2) is 0 Å². The van der Waals surface area contributed by atoms with E-state index < -0.39 is 0 Å². The summed E-state index contributed by atoms with van der Waals surface area (Å²) in [5.41, 5.74) is 3.33. The smallest absolute Gasteiger partial charge is 0.227 e. The maximum Gasteiger partial charge on any atom is 0.227 e. The first kappa shape index (κ1) is 22.3. The minimum atomic E-state index is -0.0616. The molecule has 0 aliphatic carbocycles. The molecule has 3 heterocycles. The van der Waals surface area contributed by atoms with Crippen molar-refractivity contribution in [1.29, 1.82) is 0 Å². The minimum absolute atomic E-state index is 0. The molecule has 8 heteroatoms. The quantitative estimate of drug-likeness (QED) is 0.793. The summed E-state index contributed by atoms with van der Waals surface area (Å²) in [6.45, 7) is 5.96. The molecule has 2 aliphatic rings. The van der Waals surface area contributed by atoms with Crippen LogP contribution in [0.2, 0.25) is 0 Å². The molecule has 2 aromatic rings. The van der Waals surface area contributed by atoms with Gasteiger partial charge < -0.3 is 15.1 Å². The van der Waals surface area contributed by atoms with Crippen molar-refractivity contribution in [2.24, 2.45) is 13.0 Å². The van der Waals surface area contributed by atoms with Crippen LogP contribution in [-0.4, -0.2) is 70.7 Å². The minimum Gasteiger partial charge on any atom is -0.339 e. The van der Waals surface area contributed by atoms with E-state index in [0.717, 1.165) is 23.2 Å². The molecule has 30 heavy (non-hydrogen) atoms. The fourth-order valence-corrected chi connectivity index (χ4v) is 4.41. The Morgan fingerprint density at radius 3 is 2.47 bits per heavy atom. The topological polar surface area (TPSA) is 70.5 Å². The molecular formula is C22H30ClN5O2. The average Bonchev–Trinajstić information content (AvgIpc) is 3.38. The number of carbonyl (C=O) groups excluding carboxylic acids is 2. The largest absolute Gasteiger partial charge is 0.339 e. The number of amides is 2. The number of nitrogens with zero attached hydrogens (tertiary/aromatic N) is 4. The molecule has 0 saturated carbocycles. The summed E-state index contributed by atoms with van der Waals surface area (Å²) < 4.78 is 1.79. The molecule has 0 spiro atoms. The average molecular weight is 432 g/mol. The van der Waals surface area contributed by atoms with Crippen molar-refractivity contribution in [2.45, 2.75) is 19.3 Å². The number of hydrogen-bond donors (Lipinski definition) is 1. The lowest BCUT2D eigenvalue weighted by Gasteiger charge is -2.36. The maximum atomic E-state index is 13.2. The number of hydrogen-bond acceptors (Lipinski definition) is 4. The van der Waals surface area contributed by atoms with E-state index >= 15 is 0 Å². The Bertz CT molecular complexity index is 891. The van der Waals surface area contributed by atoms with Crippen molar-refractivity contribution in [3.8, 4) is 0 Å². The van der Waals surface area contributed by atoms with Crippen LogP contribution in [0.4, 0.5) is 0 Å². The molecule has 1 N–H and O–H groups in total. The predicted octanol–water partition coefficient (Wildman–Crippen LogP) is 1.37. The second-order valence-corrected chi connectivity index (χ2v) is 8.13. The highest BCUT2D eigenvalue weighted by molar-refractivity contribution is 5.85. The van der Waals surface area contributed by atoms with Gasteiger partial charge in [-0.3, -0.25) is 14.3 Å². The van der Waals surface area contributed by atoms with Crippen LogP contribution in [0.15, 0.2) is 36.7 Å². The SMILES string of the molecule is Cc1ccccc1CC(=O)N1CCN(C(=O)[C@H]2CNC[C@@H]2c2cnn(C)c2)CC1.Cl. The highest BCUT2D eigenvalue weighted by Crippen LogP contribution is 2.29. The van der Waals surface area contributed by atoms with Crippen molar-refractivity contribution >= 4 is 24.2 Å². The summed E-state index contributed by atoms with van der Waals surface area (Å²) >= 11 is 0. The van der Waals surface area contributed by atoms with Crippen LogP contribution in [0, 0.1) is 12.8 Å². The third-order valence-corrected chi connectivity index (χ3v) is 6.23. The van der Waals surface area contributed by atoms with Crippen molar-refractivity contribution in [3.05, 3.63) is 53.3 Å². The summed E-state index contributed by atoms with van der Waals surface area (Å²) in [5, 5.41) is 7.62. The molecule has 2 atom stereocenters. The van der Waals surface area contributed by atoms with Crippen LogP contribution in [0.5, 0.6) is 0 Å². The number of aromatic nitrogens is 2. The molecule has 162 valence electrons. The second kappa shape index (κ2) is 9.62. The van der Waals surface area contributed by atoms with Crippen LogP contribution in [-0.2, 0) is 23.1 Å². The molecule has 1 aromatic heterocycles. The Hall–Kier alpha value is -2.38. The third-order valence-electron chi connectivity index (χ3n) is 6.23. The van der Waals surface area contributed by atoms with Crippen molar-refractivity contribution in [3.63, 3.8) is 0 Å². The molecule has 2 saturated heterocycles. The Labute approximate surface area is 183 Å². The lowest BCUT2D eigenvalue weighted by Crippen LogP contribution is -2.52. The van der Waals surface area contributed by atoms with Crippen molar-refractivity contribution in [2.75, 3.05) is 39.3 Å². The molecule has 1 aromatic carbocycles. The molecule has 7 nitrogen and oxygen atoms in total. The fraction of sp³-hybridized carbons (Fsp3) is 0.500. The van der Waals surface area contributed by atoms with Gasteiger partial charge in [0, 0.05) is 58.4 Å². The highest BCUT2D eigenvalue weighted by Gasteiger charge is 2.38. The standard InChI is InChI=1S/C22H29N5O2.ClH/c1-16-5-3-4-6-17(16)11-21(28)26-7-9-27(10-8-26)22(29)20-14-23-13-19(20)18-12-24-25(2)15-18;/h3-6,12,15,19-20,23H,7-11,13-14H2,1-2H3;1H/t19-,20+;/m1./s1. The summed E-state index contributed by atoms with van der Waals surface area (Å²) in [6, 6.07) is 8.01. The lowest BCUT2D eigenvalue weighted by molar-refractivity contribution is -0.141. The van der Waals surface area contributed by atoms with Gasteiger partial charge in [-0.15, -0.1) is 12.4 Å². The Morgan fingerprint density at radius 2 is 1.80 bits per heavy atom. The van der Waals surface area contributed by atoms with Gasteiger partial charge in [-0.25, -0.2) is 0 Å². The molecule has 4 rings (SSSR count). The van der Waals surface area contributed by atoms with E-state index in [1.165, 1.54) is 0 Å². The van der Waals surface area contributed by atoms with Crippen LogP contribution >= 0.6 is 12.4 Å². The van der Waals surface area contributed by atoms with Crippen LogP contribution < -0.4 is 5.32 Å². The van der Waals surface area contributed by atoms with Crippen LogP contribution in [0.1, 0.15) is 22.6 Å². The van der Waals surface area contributed by atoms with E-state index in [4.69, 9.17) is 0 Å². The number of rotatable bonds is 4. The zero-order valence-corrected chi connectivity index (χ0v) is 18.4. The van der Waals surface area contributed by atoms with Gasteiger partial charge in [0.2, 0.25) is 11.8 Å². The molecular weight excluding hydrogens is 402 g/mol. The monoisotopic (exact) mass is 431 g/mol. The Kier molecular flexibility index (Phi) is 7.15. The summed E-state index contributed by atoms with van der Waals surface area (Å²) in [7, 11) is 1.90. The van der Waals surface area contributed by atoms with Gasteiger partial charge in [0.1, 0.15) is 0 Å². The summed E-state index contributed by atoms with van der Waals surface area (Å²) in [4.78, 5) is 29.7. The third kappa shape index (κ3) is 4.68. The van der Waals surface area contributed by atoms with Gasteiger partial charge >= 0.3 is 0 Å². The van der Waals surface area contributed by atoms with Crippen molar-refractivity contribution < 1.29 is 9.59 Å². The van der Waals surface area contributed by atoms with Gasteiger partial charge in [-0.2, -0.15) is 5.10 Å². The number of carbonyl (C=O) groups is 2. The first-order chi connectivity index (χ1) is 14.0. The summed E-state index contributed by atoms with van der Waals surface area (Å²) in [6.07, 6.45) is 4.29. The highest BCUT2D eigenvalue weighted by atomic mass is 35.5. The zero-order chi connectivity index (χ0) is 20.4. The van der Waals surface area contributed by atoms with Gasteiger partial charge in [-0.1, -0.05) is 24.3 Å². The molecule has 2 fully saturated rings. The molecule has 0 unspecified atom stereocenters. The Morgan fingerprint density at radius 1 is 1.10 bits per heavy atom. The second-order valence-electron chi connectivity index (χ2n) is 8.13. The van der Waals surface area contributed by atoms with E-state index in [2.05, 4.69) is 10.4 Å². The fourth-order valence-electron chi connectivity index (χ4n) is 4.41. The lowest BCUT2D eigenvalue weighted by atomic mass is 9.89. The summed E-state index contributed by atoms with van der Waals surface area (Å²) in [5.74, 6) is 0.433. The predicted molar refractivity (Wildman–Crippen MR) is 118 cm³/mol. The number of nitrogens with one attached hydrogen (secondary N) is 1. The first-order valence-corrected chi connectivity index (χ1v) is 10.3. The number of aryl methyl sites for hydroxylation is 2. The molecule has 0 bridgehead atoms. The maximum absolute atomic E-state index is 13.2. The number of benzene rings is 1. The van der Waals surface area contributed by atoms with Gasteiger partial charge in [0.05, 0.1) is 18.5 Å². The Balaban J connectivity index is 0.00000256. The number of halogens is 1. The van der Waals surface area contributed by atoms with Gasteiger partial charge in [-0.05, 0) is 23.6 Å². The number of piperazine rings is 1. The normalized spacial score (nSPS) is 21.4. The zero-order valence-electron chi connectivity index (χ0n) is 17.6. The van der Waals surface area contributed by atoms with E-state index in [1.54, 1.807) is 4.68 Å². The van der Waals surface area contributed by atoms with Crippen LogP contribution in [0.3, 0.4) is 0 Å². The molecule has 2 aliphatic heterocycles. The van der Waals surface area contributed by atoms with Gasteiger partial charge in [0.25, 0.3) is 0 Å². The molecule has 2 amide bonds. The van der Waals surface area contributed by atoms with E-state index in [0.29, 0.717) is 39.1 Å². The van der Waals surface area contributed by atoms with E-state index in [1.807, 2.05) is 60.4 Å². The van der Waals surface area contributed by atoms with E-state index in [-0.39, 0.29) is 36.1 Å².